The van der Waals surface area contributed by atoms with Crippen molar-refractivity contribution in [2.45, 2.75) is 6.42 Å². The van der Waals surface area contributed by atoms with Crippen LogP contribution in [-0.2, 0) is 11.2 Å². The first kappa shape index (κ1) is 13.9. The SMILES string of the molecule is CN(CCc1cnccn1)C(=O)C1CNC1.Cl. The number of carbonyl (C=O) groups is 1. The Morgan fingerprint density at radius 3 is 2.82 bits per heavy atom. The highest BCUT2D eigenvalue weighted by Gasteiger charge is 2.27. The molecule has 0 spiro atoms. The topological polar surface area (TPSA) is 58.1 Å². The summed E-state index contributed by atoms with van der Waals surface area (Å²) in [5, 5.41) is 3.10. The number of halogens is 1. The van der Waals surface area contributed by atoms with Crippen LogP contribution in [0.2, 0.25) is 0 Å². The summed E-state index contributed by atoms with van der Waals surface area (Å²) in [6, 6.07) is 0. The third kappa shape index (κ3) is 3.64. The maximum atomic E-state index is 11.8. The Morgan fingerprint density at radius 1 is 1.53 bits per heavy atom. The first-order valence-electron chi connectivity index (χ1n) is 5.48. The molecule has 1 fully saturated rings. The fourth-order valence-corrected chi connectivity index (χ4v) is 1.63. The van der Waals surface area contributed by atoms with Gasteiger partial charge in [-0.3, -0.25) is 14.8 Å². The van der Waals surface area contributed by atoms with Gasteiger partial charge < -0.3 is 10.2 Å². The third-order valence-corrected chi connectivity index (χ3v) is 2.83. The van der Waals surface area contributed by atoms with Crippen LogP contribution in [0.3, 0.4) is 0 Å². The standard InChI is InChI=1S/C11H16N4O.ClH/c1-15(11(16)9-6-13-7-9)5-2-10-8-12-3-4-14-10;/h3-4,8-9,13H,2,5-7H2,1H3;1H. The molecule has 1 saturated heterocycles. The Bertz CT molecular complexity index is 356. The molecule has 2 heterocycles. The minimum absolute atomic E-state index is 0. The van der Waals surface area contributed by atoms with E-state index in [0.717, 1.165) is 25.2 Å². The van der Waals surface area contributed by atoms with Gasteiger partial charge in [-0.25, -0.2) is 0 Å². The van der Waals surface area contributed by atoms with E-state index < -0.39 is 0 Å². The summed E-state index contributed by atoms with van der Waals surface area (Å²) in [6.45, 7) is 2.33. The molecular formula is C11H17ClN4O. The van der Waals surface area contributed by atoms with Crippen molar-refractivity contribution in [1.29, 1.82) is 0 Å². The highest BCUT2D eigenvalue weighted by atomic mass is 35.5. The van der Waals surface area contributed by atoms with Crippen LogP contribution in [0.25, 0.3) is 0 Å². The lowest BCUT2D eigenvalue weighted by molar-refractivity contribution is -0.135. The van der Waals surface area contributed by atoms with Gasteiger partial charge in [0.25, 0.3) is 0 Å². The van der Waals surface area contributed by atoms with Crippen molar-refractivity contribution >= 4 is 18.3 Å². The molecule has 0 bridgehead atoms. The van der Waals surface area contributed by atoms with Crippen LogP contribution >= 0.6 is 12.4 Å². The van der Waals surface area contributed by atoms with Gasteiger partial charge in [-0.05, 0) is 0 Å². The highest BCUT2D eigenvalue weighted by molar-refractivity contribution is 5.85. The number of carbonyl (C=O) groups excluding carboxylic acids is 1. The predicted octanol–water partition coefficient (Wildman–Crippen LogP) is 0.119. The predicted molar refractivity (Wildman–Crippen MR) is 67.0 cm³/mol. The van der Waals surface area contributed by atoms with Gasteiger partial charge in [0.15, 0.2) is 0 Å². The molecule has 17 heavy (non-hydrogen) atoms. The van der Waals surface area contributed by atoms with Crippen LogP contribution in [0.1, 0.15) is 5.69 Å². The molecule has 1 aliphatic heterocycles. The average Bonchev–Trinajstić information content (AvgIpc) is 2.25. The Kier molecular flexibility index (Phi) is 5.31. The second-order valence-corrected chi connectivity index (χ2v) is 4.06. The fourth-order valence-electron chi connectivity index (χ4n) is 1.63. The fraction of sp³-hybridized carbons (Fsp3) is 0.545. The van der Waals surface area contributed by atoms with E-state index in [1.807, 2.05) is 7.05 Å². The number of hydrogen-bond acceptors (Lipinski definition) is 4. The van der Waals surface area contributed by atoms with E-state index in [4.69, 9.17) is 0 Å². The lowest BCUT2D eigenvalue weighted by Gasteiger charge is -2.30. The van der Waals surface area contributed by atoms with E-state index >= 15 is 0 Å². The number of aromatic nitrogens is 2. The molecular weight excluding hydrogens is 240 g/mol. The van der Waals surface area contributed by atoms with E-state index in [1.54, 1.807) is 23.5 Å². The summed E-state index contributed by atoms with van der Waals surface area (Å²) in [5.41, 5.74) is 0.925. The maximum absolute atomic E-state index is 11.8. The Hall–Kier alpha value is -1.20. The van der Waals surface area contributed by atoms with Crippen molar-refractivity contribution in [3.05, 3.63) is 24.3 Å². The zero-order valence-corrected chi connectivity index (χ0v) is 10.6. The molecule has 0 radical (unpaired) electrons. The molecule has 1 aliphatic rings. The molecule has 1 aromatic heterocycles. The van der Waals surface area contributed by atoms with Crippen LogP contribution in [-0.4, -0.2) is 47.5 Å². The Morgan fingerprint density at radius 2 is 2.29 bits per heavy atom. The normalized spacial score (nSPS) is 14.6. The van der Waals surface area contributed by atoms with Crippen molar-refractivity contribution in [2.24, 2.45) is 5.92 Å². The second-order valence-electron chi connectivity index (χ2n) is 4.06. The van der Waals surface area contributed by atoms with Crippen molar-refractivity contribution in [3.8, 4) is 0 Å². The average molecular weight is 257 g/mol. The van der Waals surface area contributed by atoms with Crippen molar-refractivity contribution in [2.75, 3.05) is 26.7 Å². The van der Waals surface area contributed by atoms with Gasteiger partial charge in [-0.2, -0.15) is 0 Å². The van der Waals surface area contributed by atoms with Crippen LogP contribution in [0.15, 0.2) is 18.6 Å². The summed E-state index contributed by atoms with van der Waals surface area (Å²) in [7, 11) is 1.84. The number of rotatable bonds is 4. The number of hydrogen-bond donors (Lipinski definition) is 1. The molecule has 6 heteroatoms. The van der Waals surface area contributed by atoms with E-state index in [2.05, 4.69) is 15.3 Å². The van der Waals surface area contributed by atoms with Gasteiger partial charge in [0.05, 0.1) is 11.6 Å². The first-order valence-corrected chi connectivity index (χ1v) is 5.48. The number of likely N-dealkylation sites (N-methyl/N-ethyl adjacent to an activating group) is 1. The smallest absolute Gasteiger partial charge is 0.228 e. The van der Waals surface area contributed by atoms with Gasteiger partial charge in [0.2, 0.25) is 5.91 Å². The number of nitrogens with one attached hydrogen (secondary N) is 1. The molecule has 0 atom stereocenters. The van der Waals surface area contributed by atoms with Crippen LogP contribution in [0.4, 0.5) is 0 Å². The minimum Gasteiger partial charge on any atom is -0.345 e. The summed E-state index contributed by atoms with van der Waals surface area (Å²) < 4.78 is 0. The van der Waals surface area contributed by atoms with E-state index in [-0.39, 0.29) is 24.2 Å². The van der Waals surface area contributed by atoms with Gasteiger partial charge >= 0.3 is 0 Å². The van der Waals surface area contributed by atoms with E-state index in [0.29, 0.717) is 6.54 Å². The monoisotopic (exact) mass is 256 g/mol. The largest absolute Gasteiger partial charge is 0.345 e. The zero-order chi connectivity index (χ0) is 11.4. The van der Waals surface area contributed by atoms with Crippen LogP contribution in [0, 0.1) is 5.92 Å². The molecule has 0 unspecified atom stereocenters. The van der Waals surface area contributed by atoms with Crippen molar-refractivity contribution < 1.29 is 4.79 Å². The Labute approximate surface area is 107 Å². The van der Waals surface area contributed by atoms with Gasteiger partial charge in [-0.1, -0.05) is 0 Å². The van der Waals surface area contributed by atoms with E-state index in [9.17, 15) is 4.79 Å². The van der Waals surface area contributed by atoms with E-state index in [1.165, 1.54) is 0 Å². The van der Waals surface area contributed by atoms with Crippen LogP contribution in [0.5, 0.6) is 0 Å². The molecule has 0 saturated carbocycles. The van der Waals surface area contributed by atoms with Crippen molar-refractivity contribution in [3.63, 3.8) is 0 Å². The first-order chi connectivity index (χ1) is 7.77. The third-order valence-electron chi connectivity index (χ3n) is 2.83. The summed E-state index contributed by atoms with van der Waals surface area (Å²) in [6.07, 6.45) is 5.82. The molecule has 5 nitrogen and oxygen atoms in total. The number of nitrogens with zero attached hydrogens (tertiary/aromatic N) is 3. The van der Waals surface area contributed by atoms with Gasteiger partial charge in [-0.15, -0.1) is 12.4 Å². The summed E-state index contributed by atoms with van der Waals surface area (Å²) in [5.74, 6) is 0.398. The molecule has 0 aliphatic carbocycles. The maximum Gasteiger partial charge on any atom is 0.228 e. The van der Waals surface area contributed by atoms with Crippen LogP contribution < -0.4 is 5.32 Å². The molecule has 0 aromatic carbocycles. The lowest BCUT2D eigenvalue weighted by Crippen LogP contribution is -2.51. The Balaban J connectivity index is 0.00000144. The number of amides is 1. The lowest BCUT2D eigenvalue weighted by atomic mass is 10.0. The minimum atomic E-state index is 0. The zero-order valence-electron chi connectivity index (χ0n) is 9.80. The summed E-state index contributed by atoms with van der Waals surface area (Å²) in [4.78, 5) is 21.7. The molecule has 2 rings (SSSR count). The van der Waals surface area contributed by atoms with Gasteiger partial charge in [0, 0.05) is 51.7 Å². The molecule has 1 aromatic rings. The molecule has 1 N–H and O–H groups in total. The molecule has 94 valence electrons. The quantitative estimate of drug-likeness (QED) is 0.831. The highest BCUT2D eigenvalue weighted by Crippen LogP contribution is 2.07. The van der Waals surface area contributed by atoms with Crippen molar-refractivity contribution in [1.82, 2.24) is 20.2 Å². The summed E-state index contributed by atoms with van der Waals surface area (Å²) >= 11 is 0. The molecule has 1 amide bonds. The second kappa shape index (κ2) is 6.51. The van der Waals surface area contributed by atoms with Gasteiger partial charge in [0.1, 0.15) is 0 Å².